The highest BCUT2D eigenvalue weighted by Crippen LogP contribution is 2.32. The highest BCUT2D eigenvalue weighted by atomic mass is 16.5. The van der Waals surface area contributed by atoms with Crippen molar-refractivity contribution in [3.63, 3.8) is 0 Å². The maximum absolute atomic E-state index is 11.3. The van der Waals surface area contributed by atoms with Crippen LogP contribution in [0.15, 0.2) is 30.3 Å². The molecule has 1 saturated heterocycles. The zero-order valence-corrected chi connectivity index (χ0v) is 16.2. The molecule has 0 N–H and O–H groups in total. The fraction of sp³-hybridized carbons (Fsp3) is 0.524. The number of carbonyl (C=O) groups is 1. The van der Waals surface area contributed by atoms with E-state index >= 15 is 0 Å². The third kappa shape index (κ3) is 3.77. The highest BCUT2D eigenvalue weighted by molar-refractivity contribution is 5.57. The first kappa shape index (κ1) is 18.2. The summed E-state index contributed by atoms with van der Waals surface area (Å²) in [6.07, 6.45) is 0.767. The molecule has 0 radical (unpaired) electrons. The number of imidazole rings is 1. The number of aromatic nitrogens is 2. The smallest absolute Gasteiger partial charge is 0.209 e. The molecule has 4 rings (SSSR count). The Morgan fingerprint density at radius 1 is 1.22 bits per heavy atom. The van der Waals surface area contributed by atoms with E-state index < -0.39 is 0 Å². The van der Waals surface area contributed by atoms with Gasteiger partial charge < -0.3 is 14.2 Å². The van der Waals surface area contributed by atoms with Gasteiger partial charge in [-0.2, -0.15) is 0 Å². The van der Waals surface area contributed by atoms with Crippen molar-refractivity contribution in [3.8, 4) is 11.4 Å². The molecule has 2 aromatic rings. The Balaban J connectivity index is 1.72. The van der Waals surface area contributed by atoms with Crippen molar-refractivity contribution < 1.29 is 9.53 Å². The number of fused-ring (bicyclic) bond motifs is 1. The van der Waals surface area contributed by atoms with Gasteiger partial charge >= 0.3 is 0 Å². The molecule has 1 amide bonds. The van der Waals surface area contributed by atoms with Crippen molar-refractivity contribution in [1.82, 2.24) is 19.4 Å². The molecule has 2 aliphatic heterocycles. The van der Waals surface area contributed by atoms with Gasteiger partial charge in [0.1, 0.15) is 11.9 Å². The standard InChI is InChI=1S/C21H28N4O2/c1-16(2)12-23-8-9-25-18(13-23)20(19-14-24(15-26)10-11-27-19)22-21(25)17-6-4-3-5-7-17/h3-7,15-16,19H,8-14H2,1-2H3. The van der Waals surface area contributed by atoms with Gasteiger partial charge in [0.05, 0.1) is 24.5 Å². The molecule has 3 heterocycles. The quantitative estimate of drug-likeness (QED) is 0.761. The normalized spacial score (nSPS) is 20.7. The molecule has 144 valence electrons. The Morgan fingerprint density at radius 2 is 2.04 bits per heavy atom. The number of hydrogen-bond donors (Lipinski definition) is 0. The van der Waals surface area contributed by atoms with Crippen molar-refractivity contribution in [2.45, 2.75) is 33.0 Å². The van der Waals surface area contributed by atoms with Gasteiger partial charge in [-0.05, 0) is 5.92 Å². The van der Waals surface area contributed by atoms with Crippen LogP contribution in [-0.2, 0) is 22.6 Å². The average Bonchev–Trinajstić information content (AvgIpc) is 3.07. The van der Waals surface area contributed by atoms with Crippen LogP contribution >= 0.6 is 0 Å². The van der Waals surface area contributed by atoms with Crippen molar-refractivity contribution in [2.24, 2.45) is 5.92 Å². The van der Waals surface area contributed by atoms with Crippen LogP contribution in [-0.4, -0.2) is 58.5 Å². The second-order valence-corrected chi connectivity index (χ2v) is 7.87. The number of nitrogens with zero attached hydrogens (tertiary/aromatic N) is 4. The van der Waals surface area contributed by atoms with Crippen molar-refractivity contribution in [1.29, 1.82) is 0 Å². The van der Waals surface area contributed by atoms with E-state index in [1.165, 1.54) is 5.69 Å². The van der Waals surface area contributed by atoms with Crippen LogP contribution in [0, 0.1) is 5.92 Å². The first-order valence-corrected chi connectivity index (χ1v) is 9.83. The molecule has 0 spiro atoms. The summed E-state index contributed by atoms with van der Waals surface area (Å²) in [5, 5.41) is 0. The molecule has 6 nitrogen and oxygen atoms in total. The number of benzene rings is 1. The first-order chi connectivity index (χ1) is 13.2. The van der Waals surface area contributed by atoms with Gasteiger partial charge in [-0.15, -0.1) is 0 Å². The SMILES string of the molecule is CC(C)CN1CCn2c(-c3ccccc3)nc(C3CN(C=O)CCO3)c2C1. The number of ether oxygens (including phenoxy) is 1. The van der Waals surface area contributed by atoms with E-state index in [0.29, 0.717) is 25.6 Å². The second kappa shape index (κ2) is 7.82. The van der Waals surface area contributed by atoms with E-state index in [-0.39, 0.29) is 6.10 Å². The number of carbonyl (C=O) groups excluding carboxylic acids is 1. The molecule has 1 aromatic carbocycles. The van der Waals surface area contributed by atoms with Crippen LogP contribution in [0.2, 0.25) is 0 Å². The molecule has 1 aromatic heterocycles. The summed E-state index contributed by atoms with van der Waals surface area (Å²) in [6, 6.07) is 10.4. The van der Waals surface area contributed by atoms with E-state index in [1.54, 1.807) is 4.90 Å². The topological polar surface area (TPSA) is 50.6 Å². The Kier molecular flexibility index (Phi) is 5.27. The highest BCUT2D eigenvalue weighted by Gasteiger charge is 2.31. The Morgan fingerprint density at radius 3 is 2.78 bits per heavy atom. The summed E-state index contributed by atoms with van der Waals surface area (Å²) in [4.78, 5) is 20.6. The third-order valence-corrected chi connectivity index (χ3v) is 5.32. The summed E-state index contributed by atoms with van der Waals surface area (Å²) in [5.41, 5.74) is 3.36. The van der Waals surface area contributed by atoms with Crippen LogP contribution in [0.4, 0.5) is 0 Å². The van der Waals surface area contributed by atoms with Crippen molar-refractivity contribution in [3.05, 3.63) is 41.7 Å². The minimum atomic E-state index is -0.151. The third-order valence-electron chi connectivity index (χ3n) is 5.32. The number of rotatable bonds is 5. The Bertz CT molecular complexity index is 787. The summed E-state index contributed by atoms with van der Waals surface area (Å²) in [7, 11) is 0. The summed E-state index contributed by atoms with van der Waals surface area (Å²) in [5.74, 6) is 1.64. The minimum Gasteiger partial charge on any atom is -0.368 e. The van der Waals surface area contributed by atoms with Gasteiger partial charge in [0, 0.05) is 38.3 Å². The molecular formula is C21H28N4O2. The van der Waals surface area contributed by atoms with Gasteiger partial charge in [0.15, 0.2) is 0 Å². The number of hydrogen-bond acceptors (Lipinski definition) is 4. The zero-order valence-electron chi connectivity index (χ0n) is 16.2. The molecule has 1 atom stereocenters. The number of amides is 1. The Labute approximate surface area is 160 Å². The lowest BCUT2D eigenvalue weighted by atomic mass is 10.1. The van der Waals surface area contributed by atoms with E-state index in [0.717, 1.165) is 49.7 Å². The summed E-state index contributed by atoms with van der Waals surface area (Å²) in [6.45, 7) is 10.2. The minimum absolute atomic E-state index is 0.151. The predicted octanol–water partition coefficient (Wildman–Crippen LogP) is 2.55. The molecule has 0 aliphatic carbocycles. The van der Waals surface area contributed by atoms with Gasteiger partial charge in [0.2, 0.25) is 6.41 Å². The molecule has 6 heteroatoms. The number of morpholine rings is 1. The second-order valence-electron chi connectivity index (χ2n) is 7.87. The van der Waals surface area contributed by atoms with E-state index in [4.69, 9.17) is 9.72 Å². The lowest BCUT2D eigenvalue weighted by Gasteiger charge is -2.33. The molecule has 0 bridgehead atoms. The van der Waals surface area contributed by atoms with Crippen molar-refractivity contribution >= 4 is 6.41 Å². The monoisotopic (exact) mass is 368 g/mol. The average molecular weight is 368 g/mol. The maximum Gasteiger partial charge on any atom is 0.209 e. The molecule has 2 aliphatic rings. The van der Waals surface area contributed by atoms with Gasteiger partial charge in [0.25, 0.3) is 0 Å². The fourth-order valence-electron chi connectivity index (χ4n) is 4.11. The maximum atomic E-state index is 11.3. The molecule has 1 fully saturated rings. The zero-order chi connectivity index (χ0) is 18.8. The lowest BCUT2D eigenvalue weighted by Crippen LogP contribution is -2.39. The molecule has 0 saturated carbocycles. The van der Waals surface area contributed by atoms with Crippen LogP contribution in [0.3, 0.4) is 0 Å². The Hall–Kier alpha value is -2.18. The molecule has 1 unspecified atom stereocenters. The fourth-order valence-corrected chi connectivity index (χ4v) is 4.11. The first-order valence-electron chi connectivity index (χ1n) is 9.83. The van der Waals surface area contributed by atoms with Crippen LogP contribution in [0.5, 0.6) is 0 Å². The van der Waals surface area contributed by atoms with Crippen LogP contribution in [0.1, 0.15) is 31.3 Å². The summed E-state index contributed by atoms with van der Waals surface area (Å²) < 4.78 is 8.38. The van der Waals surface area contributed by atoms with E-state index in [2.05, 4.69) is 47.6 Å². The molecular weight excluding hydrogens is 340 g/mol. The van der Waals surface area contributed by atoms with Crippen LogP contribution < -0.4 is 0 Å². The van der Waals surface area contributed by atoms with Crippen LogP contribution in [0.25, 0.3) is 11.4 Å². The summed E-state index contributed by atoms with van der Waals surface area (Å²) >= 11 is 0. The lowest BCUT2D eigenvalue weighted by molar-refractivity contribution is -0.125. The van der Waals surface area contributed by atoms with E-state index in [9.17, 15) is 4.79 Å². The van der Waals surface area contributed by atoms with Gasteiger partial charge in [-0.25, -0.2) is 4.98 Å². The largest absolute Gasteiger partial charge is 0.368 e. The molecule has 27 heavy (non-hydrogen) atoms. The van der Waals surface area contributed by atoms with Gasteiger partial charge in [-0.3, -0.25) is 9.69 Å². The van der Waals surface area contributed by atoms with E-state index in [1.807, 2.05) is 6.07 Å². The van der Waals surface area contributed by atoms with Crippen molar-refractivity contribution in [2.75, 3.05) is 32.8 Å². The predicted molar refractivity (Wildman–Crippen MR) is 104 cm³/mol. The van der Waals surface area contributed by atoms with Gasteiger partial charge in [-0.1, -0.05) is 44.2 Å².